The predicted molar refractivity (Wildman–Crippen MR) is 41.7 cm³/mol. The van der Waals surface area contributed by atoms with Crippen LogP contribution in [0.4, 0.5) is 0 Å². The molecule has 0 fully saturated rings. The molecular formula is C6H4CaN2O4. The van der Waals surface area contributed by atoms with Crippen molar-refractivity contribution in [2.24, 2.45) is 0 Å². The van der Waals surface area contributed by atoms with Gasteiger partial charge in [-0.25, -0.2) is 19.6 Å². The number of carboxylic acid groups (broad SMARTS) is 2. The van der Waals surface area contributed by atoms with E-state index in [1.807, 2.05) is 0 Å². The maximum absolute atomic E-state index is 10.4. The van der Waals surface area contributed by atoms with Crippen molar-refractivity contribution >= 4 is 49.7 Å². The number of carbonyl (C=O) groups is 2. The zero-order valence-electron chi connectivity index (χ0n) is 6.47. The molecule has 1 heterocycles. The Hall–Kier alpha value is -0.720. The van der Waals surface area contributed by atoms with Gasteiger partial charge in [-0.1, -0.05) is 0 Å². The SMILES string of the molecule is O=C(O)c1nccnc1C(=O)O.[Ca]. The van der Waals surface area contributed by atoms with Crippen LogP contribution in [0, 0.1) is 0 Å². The Labute approximate surface area is 103 Å². The summed E-state index contributed by atoms with van der Waals surface area (Å²) in [4.78, 5) is 27.4. The summed E-state index contributed by atoms with van der Waals surface area (Å²) in [6.07, 6.45) is 2.24. The molecule has 0 atom stereocenters. The van der Waals surface area contributed by atoms with Gasteiger partial charge in [0.2, 0.25) is 0 Å². The molecule has 0 aliphatic rings. The second-order valence-corrected chi connectivity index (χ2v) is 1.86. The van der Waals surface area contributed by atoms with Crippen LogP contribution in [0.15, 0.2) is 12.4 Å². The first-order chi connectivity index (χ1) is 5.63. The molecule has 7 heteroatoms. The minimum absolute atomic E-state index is 0. The Kier molecular flexibility index (Phi) is 4.82. The van der Waals surface area contributed by atoms with E-state index in [-0.39, 0.29) is 37.7 Å². The third-order valence-corrected chi connectivity index (χ3v) is 1.10. The topological polar surface area (TPSA) is 100 Å². The fourth-order valence-electron chi connectivity index (χ4n) is 0.651. The zero-order chi connectivity index (χ0) is 9.14. The summed E-state index contributed by atoms with van der Waals surface area (Å²) in [6.45, 7) is 0. The van der Waals surface area contributed by atoms with Crippen LogP contribution in [-0.2, 0) is 0 Å². The van der Waals surface area contributed by atoms with Gasteiger partial charge in [-0.3, -0.25) is 0 Å². The molecule has 0 aliphatic heterocycles. The Morgan fingerprint density at radius 2 is 1.31 bits per heavy atom. The Morgan fingerprint density at radius 3 is 1.54 bits per heavy atom. The molecule has 0 aliphatic carbocycles. The Bertz CT molecular complexity index is 308. The van der Waals surface area contributed by atoms with E-state index in [1.165, 1.54) is 0 Å². The van der Waals surface area contributed by atoms with Crippen molar-refractivity contribution in [1.29, 1.82) is 0 Å². The van der Waals surface area contributed by atoms with Crippen LogP contribution in [0.25, 0.3) is 0 Å². The number of nitrogens with zero attached hydrogens (tertiary/aromatic N) is 2. The third-order valence-electron chi connectivity index (χ3n) is 1.10. The van der Waals surface area contributed by atoms with Gasteiger partial charge < -0.3 is 10.2 Å². The van der Waals surface area contributed by atoms with Gasteiger partial charge in [-0.05, 0) is 0 Å². The molecule has 0 spiro atoms. The van der Waals surface area contributed by atoms with Crippen LogP contribution in [0.3, 0.4) is 0 Å². The largest absolute Gasteiger partial charge is 0.476 e. The summed E-state index contributed by atoms with van der Waals surface area (Å²) in [5, 5.41) is 16.9. The smallest absolute Gasteiger partial charge is 0.357 e. The van der Waals surface area contributed by atoms with Crippen molar-refractivity contribution in [3.63, 3.8) is 0 Å². The number of rotatable bonds is 2. The van der Waals surface area contributed by atoms with Crippen LogP contribution in [0.5, 0.6) is 0 Å². The van der Waals surface area contributed by atoms with Crippen molar-refractivity contribution in [3.05, 3.63) is 23.8 Å². The van der Waals surface area contributed by atoms with Gasteiger partial charge in [0, 0.05) is 50.1 Å². The Balaban J connectivity index is 0.00000144. The molecule has 64 valence electrons. The summed E-state index contributed by atoms with van der Waals surface area (Å²) < 4.78 is 0. The molecule has 2 radical (unpaired) electrons. The van der Waals surface area contributed by atoms with E-state index in [0.717, 1.165) is 12.4 Å². The molecular weight excluding hydrogens is 204 g/mol. The molecule has 0 bridgehead atoms. The maximum Gasteiger partial charge on any atom is 0.357 e. The van der Waals surface area contributed by atoms with E-state index in [9.17, 15) is 9.59 Å². The second-order valence-electron chi connectivity index (χ2n) is 1.86. The molecule has 2 N–H and O–H groups in total. The first-order valence-electron chi connectivity index (χ1n) is 2.90. The average Bonchev–Trinajstić information content (AvgIpc) is 2.04. The summed E-state index contributed by atoms with van der Waals surface area (Å²) >= 11 is 0. The van der Waals surface area contributed by atoms with E-state index in [1.54, 1.807) is 0 Å². The van der Waals surface area contributed by atoms with Crippen molar-refractivity contribution in [2.45, 2.75) is 0 Å². The standard InChI is InChI=1S/C6H4N2O4.Ca/c9-5(10)3-4(6(11)12)8-2-1-7-3;/h1-2H,(H,9,10)(H,11,12);. The molecule has 13 heavy (non-hydrogen) atoms. The summed E-state index contributed by atoms with van der Waals surface area (Å²) in [6, 6.07) is 0. The quantitative estimate of drug-likeness (QED) is 0.635. The van der Waals surface area contributed by atoms with Crippen molar-refractivity contribution in [3.8, 4) is 0 Å². The number of hydrogen-bond acceptors (Lipinski definition) is 4. The normalized spacial score (nSPS) is 8.62. The summed E-state index contributed by atoms with van der Waals surface area (Å²) in [5.41, 5.74) is -1.10. The van der Waals surface area contributed by atoms with Gasteiger partial charge in [-0.15, -0.1) is 0 Å². The number of carboxylic acids is 2. The van der Waals surface area contributed by atoms with Crippen molar-refractivity contribution in [1.82, 2.24) is 9.97 Å². The van der Waals surface area contributed by atoms with Gasteiger partial charge in [0.1, 0.15) is 0 Å². The second kappa shape index (κ2) is 5.11. The number of aromatic nitrogens is 2. The minimum Gasteiger partial charge on any atom is -0.476 e. The van der Waals surface area contributed by atoms with Crippen LogP contribution < -0.4 is 0 Å². The van der Waals surface area contributed by atoms with Crippen LogP contribution in [-0.4, -0.2) is 69.9 Å². The first kappa shape index (κ1) is 12.3. The minimum atomic E-state index is -1.40. The van der Waals surface area contributed by atoms with Crippen LogP contribution in [0.1, 0.15) is 21.0 Å². The van der Waals surface area contributed by atoms with Gasteiger partial charge in [0.15, 0.2) is 11.4 Å². The molecule has 0 unspecified atom stereocenters. The molecule has 1 aromatic heterocycles. The van der Waals surface area contributed by atoms with Gasteiger partial charge in [-0.2, -0.15) is 0 Å². The molecule has 1 rings (SSSR count). The van der Waals surface area contributed by atoms with Crippen molar-refractivity contribution < 1.29 is 19.8 Å². The monoisotopic (exact) mass is 208 g/mol. The maximum atomic E-state index is 10.4. The average molecular weight is 208 g/mol. The summed E-state index contributed by atoms with van der Waals surface area (Å²) in [5.74, 6) is -2.80. The predicted octanol–water partition coefficient (Wildman–Crippen LogP) is -0.508. The van der Waals surface area contributed by atoms with Gasteiger partial charge in [0.05, 0.1) is 0 Å². The van der Waals surface area contributed by atoms with E-state index in [0.29, 0.717) is 0 Å². The summed E-state index contributed by atoms with van der Waals surface area (Å²) in [7, 11) is 0. The van der Waals surface area contributed by atoms with E-state index >= 15 is 0 Å². The van der Waals surface area contributed by atoms with E-state index in [4.69, 9.17) is 10.2 Å². The number of hydrogen-bond donors (Lipinski definition) is 2. The molecule has 0 aromatic carbocycles. The van der Waals surface area contributed by atoms with E-state index in [2.05, 4.69) is 9.97 Å². The molecule has 1 aromatic rings. The molecule has 0 saturated carbocycles. The van der Waals surface area contributed by atoms with Crippen LogP contribution >= 0.6 is 0 Å². The fraction of sp³-hybridized carbons (Fsp3) is 0. The zero-order valence-corrected chi connectivity index (χ0v) is 8.68. The van der Waals surface area contributed by atoms with Gasteiger partial charge in [0.25, 0.3) is 0 Å². The van der Waals surface area contributed by atoms with Crippen molar-refractivity contribution in [2.75, 3.05) is 0 Å². The fourth-order valence-corrected chi connectivity index (χ4v) is 0.651. The van der Waals surface area contributed by atoms with E-state index < -0.39 is 23.3 Å². The van der Waals surface area contributed by atoms with Gasteiger partial charge >= 0.3 is 11.9 Å². The molecule has 6 nitrogen and oxygen atoms in total. The first-order valence-corrected chi connectivity index (χ1v) is 2.90. The molecule has 0 saturated heterocycles. The number of aromatic carboxylic acids is 2. The Morgan fingerprint density at radius 1 is 1.00 bits per heavy atom. The third kappa shape index (κ3) is 2.91. The van der Waals surface area contributed by atoms with Crippen LogP contribution in [0.2, 0.25) is 0 Å². The molecule has 0 amide bonds.